The first kappa shape index (κ1) is 28.6. The third-order valence-electron chi connectivity index (χ3n) is 7.38. The van der Waals surface area contributed by atoms with Gasteiger partial charge in [0, 0.05) is 31.2 Å². The summed E-state index contributed by atoms with van der Waals surface area (Å²) in [5.74, 6) is -0.245. The summed E-state index contributed by atoms with van der Waals surface area (Å²) in [6.45, 7) is 4.05. The highest BCUT2D eigenvalue weighted by atomic mass is 32.1. The molecular weight excluding hydrogens is 555 g/mol. The van der Waals surface area contributed by atoms with Crippen molar-refractivity contribution in [2.75, 3.05) is 34.0 Å². The van der Waals surface area contributed by atoms with E-state index in [1.54, 1.807) is 13.8 Å². The number of aromatic nitrogens is 5. The van der Waals surface area contributed by atoms with Gasteiger partial charge in [-0.3, -0.25) is 18.7 Å². The number of nitrogens with zero attached hydrogens (tertiary/aromatic N) is 5. The largest absolute Gasteiger partial charge is 0.496 e. The Morgan fingerprint density at radius 3 is 2.59 bits per heavy atom. The summed E-state index contributed by atoms with van der Waals surface area (Å²) in [6, 6.07) is 4.09. The van der Waals surface area contributed by atoms with Crippen LogP contribution in [0.3, 0.4) is 0 Å². The molecule has 1 aliphatic heterocycles. The molecule has 12 nitrogen and oxygen atoms in total. The minimum Gasteiger partial charge on any atom is -0.496 e. The second-order valence-corrected chi connectivity index (χ2v) is 11.1. The van der Waals surface area contributed by atoms with Crippen LogP contribution in [0.1, 0.15) is 37.0 Å². The van der Waals surface area contributed by atoms with Crippen molar-refractivity contribution in [2.24, 2.45) is 0 Å². The molecule has 218 valence electrons. The molecule has 1 N–H and O–H groups in total. The monoisotopic (exact) mass is 586 g/mol. The summed E-state index contributed by atoms with van der Waals surface area (Å²) in [6.07, 6.45) is 2.69. The Kier molecular flexibility index (Phi) is 8.07. The number of amides is 1. The Morgan fingerprint density at radius 2 is 1.93 bits per heavy atom. The zero-order valence-corrected chi connectivity index (χ0v) is 24.0. The molecule has 0 radical (unpaired) electrons. The van der Waals surface area contributed by atoms with Crippen LogP contribution in [0.2, 0.25) is 0 Å². The highest BCUT2D eigenvalue weighted by molar-refractivity contribution is 7.21. The fourth-order valence-electron chi connectivity index (χ4n) is 5.16. The normalized spacial score (nSPS) is 18.0. The Hall–Kier alpha value is -3.88. The molecule has 0 spiro atoms. The molecule has 4 aromatic rings. The van der Waals surface area contributed by atoms with E-state index < -0.39 is 28.7 Å². The maximum atomic E-state index is 14.5. The molecule has 2 unspecified atom stereocenters. The lowest BCUT2D eigenvalue weighted by atomic mass is 9.91. The minimum absolute atomic E-state index is 0.0620. The quantitative estimate of drug-likeness (QED) is 0.280. The van der Waals surface area contributed by atoms with Crippen molar-refractivity contribution in [3.8, 4) is 10.8 Å². The Balaban J connectivity index is 1.75. The number of nitrogens with one attached hydrogen (secondary N) is 1. The smallest absolute Gasteiger partial charge is 0.332 e. The van der Waals surface area contributed by atoms with Gasteiger partial charge >= 0.3 is 5.69 Å². The van der Waals surface area contributed by atoms with Crippen molar-refractivity contribution >= 4 is 27.5 Å². The van der Waals surface area contributed by atoms with Crippen molar-refractivity contribution in [1.82, 2.24) is 29.4 Å². The van der Waals surface area contributed by atoms with E-state index in [9.17, 15) is 18.8 Å². The average Bonchev–Trinajstić information content (AvgIpc) is 3.60. The van der Waals surface area contributed by atoms with Crippen LogP contribution in [-0.4, -0.2) is 64.0 Å². The number of aryl methyl sites for hydroxylation is 1. The van der Waals surface area contributed by atoms with Crippen LogP contribution in [0.5, 0.6) is 5.75 Å². The average molecular weight is 587 g/mol. The van der Waals surface area contributed by atoms with Crippen LogP contribution in [0, 0.1) is 12.7 Å². The number of benzene rings is 1. The van der Waals surface area contributed by atoms with Gasteiger partial charge in [-0.15, -0.1) is 4.80 Å². The fourth-order valence-corrected chi connectivity index (χ4v) is 6.38. The molecule has 1 aromatic carbocycles. The Bertz CT molecular complexity index is 1690. The molecule has 4 heterocycles. The predicted molar refractivity (Wildman–Crippen MR) is 149 cm³/mol. The molecule has 1 fully saturated rings. The zero-order chi connectivity index (χ0) is 29.3. The summed E-state index contributed by atoms with van der Waals surface area (Å²) in [5.41, 5.74) is -0.998. The summed E-state index contributed by atoms with van der Waals surface area (Å²) in [7, 11) is 3.01. The van der Waals surface area contributed by atoms with Crippen molar-refractivity contribution in [1.29, 1.82) is 0 Å². The molecule has 0 bridgehead atoms. The van der Waals surface area contributed by atoms with Gasteiger partial charge in [-0.05, 0) is 38.5 Å². The molecule has 2 atom stereocenters. The fraction of sp³-hybridized carbons (Fsp3) is 0.444. The topological polar surface area (TPSA) is 132 Å². The van der Waals surface area contributed by atoms with E-state index in [1.807, 2.05) is 0 Å². The van der Waals surface area contributed by atoms with Crippen LogP contribution >= 0.6 is 11.3 Å². The first-order valence-electron chi connectivity index (χ1n) is 13.1. The van der Waals surface area contributed by atoms with E-state index >= 15 is 0 Å². The van der Waals surface area contributed by atoms with Gasteiger partial charge in [0.1, 0.15) is 27.5 Å². The number of hydrogen-bond acceptors (Lipinski definition) is 9. The number of rotatable bonds is 10. The lowest BCUT2D eigenvalue weighted by Crippen LogP contribution is -2.57. The standard InChI is InChI=1S/C27H31FN6O6S/c1-16-22-23(36)33(27(2)8-7-21(35)29-15-27)26(37)32(25(22)41-24(16)34-30-9-10-31-34)14-20(40-12-11-38-3)18-13-17(28)5-6-19(18)39-4/h5-6,9-10,13,20H,7-8,11-12,14-15H2,1-4H3,(H,29,35). The van der Waals surface area contributed by atoms with Crippen molar-refractivity contribution in [3.63, 3.8) is 0 Å². The number of fused-ring (bicyclic) bond motifs is 1. The third-order valence-corrected chi connectivity index (χ3v) is 8.66. The van der Waals surface area contributed by atoms with E-state index in [-0.39, 0.29) is 38.6 Å². The Labute approximate surface area is 238 Å². The van der Waals surface area contributed by atoms with E-state index in [0.29, 0.717) is 38.5 Å². The van der Waals surface area contributed by atoms with Gasteiger partial charge in [-0.25, -0.2) is 9.18 Å². The lowest BCUT2D eigenvalue weighted by molar-refractivity contribution is -0.124. The maximum absolute atomic E-state index is 14.5. The third kappa shape index (κ3) is 5.29. The van der Waals surface area contributed by atoms with E-state index in [0.717, 1.165) is 0 Å². The van der Waals surface area contributed by atoms with E-state index in [4.69, 9.17) is 14.2 Å². The predicted octanol–water partition coefficient (Wildman–Crippen LogP) is 2.29. The van der Waals surface area contributed by atoms with Crippen LogP contribution in [0.4, 0.5) is 4.39 Å². The number of piperidine rings is 1. The number of halogens is 1. The van der Waals surface area contributed by atoms with Crippen LogP contribution in [0.25, 0.3) is 15.2 Å². The number of carbonyl (C=O) groups excluding carboxylic acids is 1. The molecular formula is C27H31FN6O6S. The van der Waals surface area contributed by atoms with Gasteiger partial charge in [0.2, 0.25) is 5.91 Å². The molecule has 1 aliphatic rings. The van der Waals surface area contributed by atoms with Gasteiger partial charge in [-0.1, -0.05) is 11.3 Å². The second-order valence-electron chi connectivity index (χ2n) is 10.1. The summed E-state index contributed by atoms with van der Waals surface area (Å²) >= 11 is 1.20. The van der Waals surface area contributed by atoms with Crippen LogP contribution in [0.15, 0.2) is 40.2 Å². The SMILES string of the molecule is COCCOC(Cn1c(=O)n(C2(C)CCC(=O)NC2)c(=O)c2c(C)c(-n3nccn3)sc21)c1cc(F)ccc1OC. The molecule has 1 saturated heterocycles. The first-order chi connectivity index (χ1) is 19.7. The highest BCUT2D eigenvalue weighted by Gasteiger charge is 2.37. The minimum atomic E-state index is -0.973. The van der Waals surface area contributed by atoms with Crippen molar-refractivity contribution < 1.29 is 23.4 Å². The van der Waals surface area contributed by atoms with Gasteiger partial charge < -0.3 is 19.5 Å². The molecule has 5 rings (SSSR count). The molecule has 0 aliphatic carbocycles. The molecule has 41 heavy (non-hydrogen) atoms. The van der Waals surface area contributed by atoms with Crippen LogP contribution < -0.4 is 21.3 Å². The molecule has 3 aromatic heterocycles. The number of methoxy groups -OCH3 is 2. The Morgan fingerprint density at radius 1 is 1.17 bits per heavy atom. The van der Waals surface area contributed by atoms with Gasteiger partial charge in [0.05, 0.1) is 50.2 Å². The maximum Gasteiger partial charge on any atom is 0.332 e. The molecule has 1 amide bonds. The first-order valence-corrected chi connectivity index (χ1v) is 13.9. The number of hydrogen-bond donors (Lipinski definition) is 1. The zero-order valence-electron chi connectivity index (χ0n) is 23.2. The molecule has 0 saturated carbocycles. The number of thiophene rings is 1. The number of ether oxygens (including phenoxy) is 3. The van der Waals surface area contributed by atoms with Gasteiger partial charge in [-0.2, -0.15) is 10.2 Å². The number of carbonyl (C=O) groups is 1. The van der Waals surface area contributed by atoms with Crippen LogP contribution in [-0.2, 0) is 26.4 Å². The second kappa shape index (κ2) is 11.5. The summed E-state index contributed by atoms with van der Waals surface area (Å²) in [5, 5.41) is 12.2. The summed E-state index contributed by atoms with van der Waals surface area (Å²) < 4.78 is 34.0. The van der Waals surface area contributed by atoms with Gasteiger partial charge in [0.15, 0.2) is 0 Å². The van der Waals surface area contributed by atoms with Gasteiger partial charge in [0.25, 0.3) is 5.56 Å². The lowest BCUT2D eigenvalue weighted by Gasteiger charge is -2.35. The molecule has 14 heteroatoms. The van der Waals surface area contributed by atoms with E-state index in [2.05, 4.69) is 15.5 Å². The summed E-state index contributed by atoms with van der Waals surface area (Å²) in [4.78, 5) is 42.2. The van der Waals surface area contributed by atoms with E-state index in [1.165, 1.54) is 70.1 Å². The highest BCUT2D eigenvalue weighted by Crippen LogP contribution is 2.34. The van der Waals surface area contributed by atoms with Crippen molar-refractivity contribution in [3.05, 3.63) is 68.4 Å². The van der Waals surface area contributed by atoms with Crippen molar-refractivity contribution in [2.45, 2.75) is 44.9 Å².